The van der Waals surface area contributed by atoms with Crippen LogP contribution in [0.15, 0.2) is 60.7 Å². The minimum absolute atomic E-state index is 0.0346. The molecule has 0 unspecified atom stereocenters. The molecule has 222 valence electrons. The van der Waals surface area contributed by atoms with Gasteiger partial charge in [-0.05, 0) is 73.6 Å². The highest BCUT2D eigenvalue weighted by atomic mass is 35.5. The Morgan fingerprint density at radius 3 is 2.31 bits per heavy atom. The molecule has 7 nitrogen and oxygen atoms in total. The number of benzene rings is 2. The summed E-state index contributed by atoms with van der Waals surface area (Å²) < 4.78 is 0. The maximum absolute atomic E-state index is 6.38. The number of nitrogens with zero attached hydrogens (tertiary/aromatic N) is 5. The lowest BCUT2D eigenvalue weighted by molar-refractivity contribution is 0.435. The number of para-hydroxylation sites is 1. The summed E-state index contributed by atoms with van der Waals surface area (Å²) >= 11 is 12.2. The zero-order valence-electron chi connectivity index (χ0n) is 24.6. The zero-order valence-corrected chi connectivity index (χ0v) is 26.1. The van der Waals surface area contributed by atoms with Gasteiger partial charge in [-0.3, -0.25) is 0 Å². The molecule has 6 rings (SSSR count). The van der Waals surface area contributed by atoms with Gasteiger partial charge in [-0.25, -0.2) is 0 Å². The van der Waals surface area contributed by atoms with Crippen LogP contribution in [0.2, 0.25) is 5.02 Å². The average Bonchev–Trinajstić information content (AvgIpc) is 3.51. The molecular weight excluding hydrogens is 562 g/mol. The molecule has 0 spiro atoms. The highest BCUT2D eigenvalue weighted by Gasteiger charge is 2.36. The number of hydrogen-bond donors (Lipinski definition) is 2. The van der Waals surface area contributed by atoms with Crippen molar-refractivity contribution in [1.29, 1.82) is 0 Å². The van der Waals surface area contributed by atoms with E-state index >= 15 is 0 Å². The first-order valence-electron chi connectivity index (χ1n) is 15.5. The van der Waals surface area contributed by atoms with E-state index in [1.807, 2.05) is 6.07 Å². The Balaban J connectivity index is 1.17. The Morgan fingerprint density at radius 1 is 0.881 bits per heavy atom. The molecule has 0 amide bonds. The lowest BCUT2D eigenvalue weighted by Gasteiger charge is -2.37. The lowest BCUT2D eigenvalue weighted by atomic mass is 9.79. The van der Waals surface area contributed by atoms with Gasteiger partial charge in [0.15, 0.2) is 5.11 Å². The first-order valence-corrected chi connectivity index (χ1v) is 16.3. The largest absolute Gasteiger partial charge is 0.368 e. The standard InChI is InChI=1S/C33H42ClN7S/c1-25-9-8-16-41(23-25)30-22-29(40-19-17-39(18-20-40)28-12-3-2-4-13-28)36-31(37-30)38-32(42)35-24-33(14-5-6-15-33)26-10-7-11-27(34)21-26/h2-4,7,10-13,21-22,25H,5-6,8-9,14-20,23-24H2,1H3,(H2,35,36,37,38,42)/t25-/m0/s1. The maximum atomic E-state index is 6.38. The number of thiocarbonyl (C=S) groups is 1. The van der Waals surface area contributed by atoms with Gasteiger partial charge in [0.05, 0.1) is 0 Å². The van der Waals surface area contributed by atoms with Crippen LogP contribution in [0.5, 0.6) is 0 Å². The van der Waals surface area contributed by atoms with E-state index < -0.39 is 0 Å². The van der Waals surface area contributed by atoms with Crippen molar-refractivity contribution in [2.45, 2.75) is 50.9 Å². The Morgan fingerprint density at radius 2 is 1.60 bits per heavy atom. The molecule has 3 fully saturated rings. The third-order valence-corrected chi connectivity index (χ3v) is 9.70. The monoisotopic (exact) mass is 603 g/mol. The second kappa shape index (κ2) is 13.0. The number of halogens is 1. The van der Waals surface area contributed by atoms with Gasteiger partial charge < -0.3 is 25.3 Å². The third-order valence-electron chi connectivity index (χ3n) is 9.22. The summed E-state index contributed by atoms with van der Waals surface area (Å²) in [5.74, 6) is 3.16. The van der Waals surface area contributed by atoms with E-state index in [4.69, 9.17) is 33.8 Å². The second-order valence-electron chi connectivity index (χ2n) is 12.2. The number of anilines is 4. The number of nitrogens with one attached hydrogen (secondary N) is 2. The zero-order chi connectivity index (χ0) is 28.9. The summed E-state index contributed by atoms with van der Waals surface area (Å²) in [6, 6.07) is 21.1. The van der Waals surface area contributed by atoms with E-state index in [9.17, 15) is 0 Å². The van der Waals surface area contributed by atoms with Gasteiger partial charge in [-0.2, -0.15) is 9.97 Å². The van der Waals surface area contributed by atoms with Crippen LogP contribution in [0, 0.1) is 5.92 Å². The molecule has 1 atom stereocenters. The Kier molecular flexibility index (Phi) is 9.00. The highest BCUT2D eigenvalue weighted by Crippen LogP contribution is 2.41. The van der Waals surface area contributed by atoms with E-state index in [0.717, 1.165) is 75.3 Å². The molecule has 0 radical (unpaired) electrons. The van der Waals surface area contributed by atoms with Crippen LogP contribution >= 0.6 is 23.8 Å². The fourth-order valence-electron chi connectivity index (χ4n) is 6.86. The summed E-state index contributed by atoms with van der Waals surface area (Å²) in [5, 5.41) is 8.23. The molecule has 1 aromatic heterocycles. The molecule has 3 heterocycles. The minimum Gasteiger partial charge on any atom is -0.368 e. The van der Waals surface area contributed by atoms with E-state index in [-0.39, 0.29) is 5.41 Å². The Bertz CT molecular complexity index is 1360. The predicted molar refractivity (Wildman–Crippen MR) is 179 cm³/mol. The van der Waals surface area contributed by atoms with E-state index in [1.54, 1.807) is 0 Å². The van der Waals surface area contributed by atoms with Gasteiger partial charge in [0, 0.05) is 68.0 Å². The SMILES string of the molecule is C[C@H]1CCCN(c2cc(N3CCN(c4ccccc4)CC3)nc(NC(=S)NCC3(c4cccc(Cl)c4)CCCC3)n2)C1. The first kappa shape index (κ1) is 29.0. The van der Waals surface area contributed by atoms with Crippen LogP contribution < -0.4 is 25.3 Å². The fraction of sp³-hybridized carbons (Fsp3) is 0.485. The number of hydrogen-bond acceptors (Lipinski definition) is 6. The van der Waals surface area contributed by atoms with Crippen molar-refractivity contribution in [2.75, 3.05) is 65.8 Å². The molecule has 2 saturated heterocycles. The molecule has 42 heavy (non-hydrogen) atoms. The molecule has 3 aromatic rings. The molecule has 2 aliphatic heterocycles. The maximum Gasteiger partial charge on any atom is 0.232 e. The van der Waals surface area contributed by atoms with Gasteiger partial charge in [-0.1, -0.05) is 61.7 Å². The minimum atomic E-state index is 0.0346. The number of rotatable bonds is 7. The van der Waals surface area contributed by atoms with Gasteiger partial charge in [0.25, 0.3) is 0 Å². The van der Waals surface area contributed by atoms with Crippen molar-refractivity contribution in [2.24, 2.45) is 5.92 Å². The lowest BCUT2D eigenvalue weighted by Crippen LogP contribution is -2.47. The molecule has 1 saturated carbocycles. The summed E-state index contributed by atoms with van der Waals surface area (Å²) in [6.45, 7) is 8.86. The van der Waals surface area contributed by atoms with Gasteiger partial charge >= 0.3 is 0 Å². The molecular formula is C33H42ClN7S. The van der Waals surface area contributed by atoms with Gasteiger partial charge in [-0.15, -0.1) is 0 Å². The van der Waals surface area contributed by atoms with Crippen LogP contribution in [0.4, 0.5) is 23.3 Å². The third kappa shape index (κ3) is 6.76. The predicted octanol–water partition coefficient (Wildman–Crippen LogP) is 6.49. The van der Waals surface area contributed by atoms with E-state index in [1.165, 1.54) is 36.9 Å². The normalized spacial score (nSPS) is 20.4. The van der Waals surface area contributed by atoms with Crippen molar-refractivity contribution in [1.82, 2.24) is 15.3 Å². The van der Waals surface area contributed by atoms with Crippen molar-refractivity contribution >= 4 is 52.2 Å². The van der Waals surface area contributed by atoms with Crippen LogP contribution in [-0.2, 0) is 5.41 Å². The van der Waals surface area contributed by atoms with Crippen LogP contribution in [-0.4, -0.2) is 60.9 Å². The summed E-state index contributed by atoms with van der Waals surface area (Å²) in [4.78, 5) is 17.2. The molecule has 3 aliphatic rings. The van der Waals surface area contributed by atoms with Crippen molar-refractivity contribution in [3.8, 4) is 0 Å². The summed E-state index contributed by atoms with van der Waals surface area (Å²) in [6.07, 6.45) is 7.14. The fourth-order valence-corrected chi connectivity index (χ4v) is 7.22. The summed E-state index contributed by atoms with van der Waals surface area (Å²) in [7, 11) is 0. The van der Waals surface area contributed by atoms with Crippen LogP contribution in [0.3, 0.4) is 0 Å². The van der Waals surface area contributed by atoms with Crippen LogP contribution in [0.25, 0.3) is 0 Å². The number of piperidine rings is 1. The number of piperazine rings is 1. The molecule has 1 aliphatic carbocycles. The van der Waals surface area contributed by atoms with Gasteiger partial charge in [0.2, 0.25) is 5.95 Å². The molecule has 0 bridgehead atoms. The Labute approximate surface area is 260 Å². The quantitative estimate of drug-likeness (QED) is 0.297. The Hall–Kier alpha value is -3.10. The van der Waals surface area contributed by atoms with Crippen molar-refractivity contribution < 1.29 is 0 Å². The first-order chi connectivity index (χ1) is 20.5. The topological polar surface area (TPSA) is 59.6 Å². The second-order valence-corrected chi connectivity index (χ2v) is 13.1. The molecule has 9 heteroatoms. The van der Waals surface area contributed by atoms with Crippen molar-refractivity contribution in [3.63, 3.8) is 0 Å². The van der Waals surface area contributed by atoms with E-state index in [2.05, 4.69) is 86.9 Å². The van der Waals surface area contributed by atoms with Crippen LogP contribution in [0.1, 0.15) is 51.0 Å². The van der Waals surface area contributed by atoms with Gasteiger partial charge in [0.1, 0.15) is 11.6 Å². The molecule has 2 N–H and O–H groups in total. The average molecular weight is 604 g/mol. The molecule has 2 aromatic carbocycles. The summed E-state index contributed by atoms with van der Waals surface area (Å²) in [5.41, 5.74) is 2.60. The van der Waals surface area contributed by atoms with Crippen molar-refractivity contribution in [3.05, 3.63) is 71.2 Å². The number of aromatic nitrogens is 2. The highest BCUT2D eigenvalue weighted by molar-refractivity contribution is 7.80. The van der Waals surface area contributed by atoms with E-state index in [0.29, 0.717) is 17.0 Å². The smallest absolute Gasteiger partial charge is 0.232 e.